The highest BCUT2D eigenvalue weighted by Crippen LogP contribution is 2.17. The minimum atomic E-state index is 0.00400. The third kappa shape index (κ3) is 4.46. The average molecular weight is 289 g/mol. The molecule has 2 rings (SSSR count). The van der Waals surface area contributed by atoms with Crippen molar-refractivity contribution in [1.29, 1.82) is 0 Å². The Labute approximate surface area is 128 Å². The molecule has 0 spiro atoms. The number of hydrogen-bond acceptors (Lipinski definition) is 3. The van der Waals surface area contributed by atoms with Gasteiger partial charge in [0.25, 0.3) is 5.91 Å². The molecule has 1 aromatic carbocycles. The zero-order valence-corrected chi connectivity index (χ0v) is 13.4. The molecule has 21 heavy (non-hydrogen) atoms. The van der Waals surface area contributed by atoms with Crippen molar-refractivity contribution in [2.24, 2.45) is 0 Å². The zero-order chi connectivity index (χ0) is 15.2. The van der Waals surface area contributed by atoms with Crippen LogP contribution in [0, 0.1) is 0 Å². The highest BCUT2D eigenvalue weighted by molar-refractivity contribution is 5.94. The third-order valence-electron chi connectivity index (χ3n) is 3.83. The van der Waals surface area contributed by atoms with Gasteiger partial charge in [0.2, 0.25) is 0 Å². The lowest BCUT2D eigenvalue weighted by atomic mass is 10.1. The van der Waals surface area contributed by atoms with Gasteiger partial charge in [0.15, 0.2) is 0 Å². The van der Waals surface area contributed by atoms with Gasteiger partial charge in [0.1, 0.15) is 0 Å². The molecule has 1 aromatic rings. The van der Waals surface area contributed by atoms with Gasteiger partial charge in [-0.3, -0.25) is 9.69 Å². The average Bonchev–Trinajstić information content (AvgIpc) is 2.48. The predicted octanol–water partition coefficient (Wildman–Crippen LogP) is 2.36. The number of nitrogens with one attached hydrogen (secondary N) is 1. The summed E-state index contributed by atoms with van der Waals surface area (Å²) in [6, 6.07) is 8.13. The maximum absolute atomic E-state index is 11.9. The van der Waals surface area contributed by atoms with E-state index in [1.54, 1.807) is 0 Å². The van der Waals surface area contributed by atoms with Crippen molar-refractivity contribution in [2.45, 2.75) is 33.2 Å². The molecule has 1 aliphatic heterocycles. The number of carbonyl (C=O) groups excluding carboxylic acids is 1. The third-order valence-corrected chi connectivity index (χ3v) is 3.83. The van der Waals surface area contributed by atoms with Crippen LogP contribution in [-0.2, 0) is 0 Å². The van der Waals surface area contributed by atoms with Gasteiger partial charge >= 0.3 is 0 Å². The van der Waals surface area contributed by atoms with Crippen molar-refractivity contribution in [2.75, 3.05) is 37.6 Å². The number of benzene rings is 1. The fourth-order valence-electron chi connectivity index (χ4n) is 2.72. The Morgan fingerprint density at radius 3 is 2.29 bits per heavy atom. The molecule has 116 valence electrons. The smallest absolute Gasteiger partial charge is 0.251 e. The molecule has 0 aliphatic carbocycles. The van der Waals surface area contributed by atoms with Crippen LogP contribution in [0.4, 0.5) is 5.69 Å². The first-order valence-corrected chi connectivity index (χ1v) is 7.98. The molecule has 1 amide bonds. The van der Waals surface area contributed by atoms with Crippen molar-refractivity contribution in [3.8, 4) is 0 Å². The molecule has 0 unspecified atom stereocenters. The van der Waals surface area contributed by atoms with Crippen LogP contribution in [0.2, 0.25) is 0 Å². The molecule has 4 heteroatoms. The first-order chi connectivity index (χ1) is 10.1. The topological polar surface area (TPSA) is 35.6 Å². The summed E-state index contributed by atoms with van der Waals surface area (Å²) in [5.41, 5.74) is 1.95. The summed E-state index contributed by atoms with van der Waals surface area (Å²) in [5.74, 6) is 0.00400. The summed E-state index contributed by atoms with van der Waals surface area (Å²) in [7, 11) is 0. The van der Waals surface area contributed by atoms with Gasteiger partial charge in [-0.05, 0) is 51.1 Å². The van der Waals surface area contributed by atoms with Crippen molar-refractivity contribution < 1.29 is 4.79 Å². The zero-order valence-electron chi connectivity index (χ0n) is 13.4. The summed E-state index contributed by atoms with van der Waals surface area (Å²) in [4.78, 5) is 16.8. The summed E-state index contributed by atoms with van der Waals surface area (Å²) in [6.07, 6.45) is 1.22. The lowest BCUT2D eigenvalue weighted by Crippen LogP contribution is -2.46. The molecule has 0 bridgehead atoms. The summed E-state index contributed by atoms with van der Waals surface area (Å²) < 4.78 is 0. The molecule has 4 nitrogen and oxygen atoms in total. The second-order valence-electron chi connectivity index (χ2n) is 6.00. The molecule has 1 fully saturated rings. The van der Waals surface area contributed by atoms with Gasteiger partial charge in [0, 0.05) is 43.5 Å². The van der Waals surface area contributed by atoms with Gasteiger partial charge in [-0.25, -0.2) is 0 Å². The fraction of sp³-hybridized carbons (Fsp3) is 0.588. The second kappa shape index (κ2) is 7.46. The van der Waals surface area contributed by atoms with Crippen molar-refractivity contribution in [1.82, 2.24) is 10.2 Å². The SMILES string of the molecule is CCCN1CCN(c2ccc(C(=O)NC(C)C)cc2)CC1. The Morgan fingerprint density at radius 1 is 1.14 bits per heavy atom. The van der Waals surface area contributed by atoms with E-state index in [9.17, 15) is 4.79 Å². The minimum absolute atomic E-state index is 0.00400. The van der Waals surface area contributed by atoms with E-state index in [-0.39, 0.29) is 11.9 Å². The maximum Gasteiger partial charge on any atom is 0.251 e. The van der Waals surface area contributed by atoms with Gasteiger partial charge in [-0.15, -0.1) is 0 Å². The molecule has 1 aliphatic rings. The monoisotopic (exact) mass is 289 g/mol. The van der Waals surface area contributed by atoms with Crippen LogP contribution in [0.3, 0.4) is 0 Å². The summed E-state index contributed by atoms with van der Waals surface area (Å²) >= 11 is 0. The molecule has 0 atom stereocenters. The second-order valence-corrected chi connectivity index (χ2v) is 6.00. The molecule has 1 saturated heterocycles. The molecular formula is C17H27N3O. The normalized spacial score (nSPS) is 16.3. The van der Waals surface area contributed by atoms with Crippen molar-refractivity contribution in [3.63, 3.8) is 0 Å². The summed E-state index contributed by atoms with van der Waals surface area (Å²) in [6.45, 7) is 11.8. The van der Waals surface area contributed by atoms with Crippen LogP contribution in [0.15, 0.2) is 24.3 Å². The van der Waals surface area contributed by atoms with E-state index in [4.69, 9.17) is 0 Å². The van der Waals surface area contributed by atoms with Crippen LogP contribution in [-0.4, -0.2) is 49.6 Å². The van der Waals surface area contributed by atoms with Gasteiger partial charge in [-0.2, -0.15) is 0 Å². The molecule has 1 N–H and O–H groups in total. The number of anilines is 1. The number of piperazine rings is 1. The van der Waals surface area contributed by atoms with E-state index < -0.39 is 0 Å². The van der Waals surface area contributed by atoms with Gasteiger partial charge in [0.05, 0.1) is 0 Å². The highest BCUT2D eigenvalue weighted by Gasteiger charge is 2.16. The van der Waals surface area contributed by atoms with Crippen LogP contribution < -0.4 is 10.2 Å². The maximum atomic E-state index is 11.9. The number of rotatable bonds is 5. The van der Waals surface area contributed by atoms with Crippen LogP contribution >= 0.6 is 0 Å². The van der Waals surface area contributed by atoms with Crippen molar-refractivity contribution in [3.05, 3.63) is 29.8 Å². The van der Waals surface area contributed by atoms with E-state index >= 15 is 0 Å². The molecule has 0 radical (unpaired) electrons. The largest absolute Gasteiger partial charge is 0.369 e. The van der Waals surface area contributed by atoms with E-state index in [0.29, 0.717) is 0 Å². The van der Waals surface area contributed by atoms with Crippen LogP contribution in [0.25, 0.3) is 0 Å². The fourth-order valence-corrected chi connectivity index (χ4v) is 2.72. The van der Waals surface area contributed by atoms with E-state index in [1.807, 2.05) is 26.0 Å². The number of nitrogens with zero attached hydrogens (tertiary/aromatic N) is 2. The lowest BCUT2D eigenvalue weighted by Gasteiger charge is -2.36. The predicted molar refractivity (Wildman–Crippen MR) is 88.0 cm³/mol. The van der Waals surface area contributed by atoms with E-state index in [1.165, 1.54) is 18.7 Å². The molecule has 0 aromatic heterocycles. The van der Waals surface area contributed by atoms with E-state index in [0.717, 1.165) is 31.7 Å². The first kappa shape index (κ1) is 15.8. The van der Waals surface area contributed by atoms with Crippen molar-refractivity contribution >= 4 is 11.6 Å². The highest BCUT2D eigenvalue weighted by atomic mass is 16.1. The lowest BCUT2D eigenvalue weighted by molar-refractivity contribution is 0.0943. The number of carbonyl (C=O) groups is 1. The number of hydrogen-bond donors (Lipinski definition) is 1. The Balaban J connectivity index is 1.92. The van der Waals surface area contributed by atoms with E-state index in [2.05, 4.69) is 34.2 Å². The summed E-state index contributed by atoms with van der Waals surface area (Å²) in [5, 5.41) is 2.92. The van der Waals surface area contributed by atoms with Gasteiger partial charge < -0.3 is 10.2 Å². The Hall–Kier alpha value is -1.55. The Kier molecular flexibility index (Phi) is 5.62. The molecule has 0 saturated carbocycles. The Morgan fingerprint density at radius 2 is 1.76 bits per heavy atom. The quantitative estimate of drug-likeness (QED) is 0.904. The molecule has 1 heterocycles. The van der Waals surface area contributed by atoms with Crippen LogP contribution in [0.5, 0.6) is 0 Å². The Bertz CT molecular complexity index is 448. The first-order valence-electron chi connectivity index (χ1n) is 7.98. The number of amides is 1. The van der Waals surface area contributed by atoms with Gasteiger partial charge in [-0.1, -0.05) is 6.92 Å². The minimum Gasteiger partial charge on any atom is -0.369 e. The van der Waals surface area contributed by atoms with Crippen LogP contribution in [0.1, 0.15) is 37.6 Å². The standard InChI is InChI=1S/C17H27N3O/c1-4-9-19-10-12-20(13-11-19)16-7-5-15(6-8-16)17(21)18-14(2)3/h5-8,14H,4,9-13H2,1-3H3,(H,18,21). The molecular weight excluding hydrogens is 262 g/mol.